The summed E-state index contributed by atoms with van der Waals surface area (Å²) in [4.78, 5) is 19.5. The minimum absolute atomic E-state index is 0.101. The number of carboxylic acids is 1. The minimum Gasteiger partial charge on any atom is -0.478 e. The maximum Gasteiger partial charge on any atom is 0.339 e. The van der Waals surface area contributed by atoms with Crippen LogP contribution in [0.1, 0.15) is 16.1 Å². The largest absolute Gasteiger partial charge is 0.478 e. The number of rotatable bonds is 4. The van der Waals surface area contributed by atoms with E-state index >= 15 is 0 Å². The average molecular weight is 276 g/mol. The number of ether oxygens (including phenoxy) is 1. The van der Waals surface area contributed by atoms with Crippen molar-refractivity contribution in [2.45, 2.75) is 12.1 Å². The molecular weight excluding hydrogens is 264 g/mol. The number of benzene rings is 1. The summed E-state index contributed by atoms with van der Waals surface area (Å²) in [6.45, 7) is 1.83. The van der Waals surface area contributed by atoms with Gasteiger partial charge in [-0.25, -0.2) is 9.78 Å². The lowest BCUT2D eigenvalue weighted by Crippen LogP contribution is -2.01. The Bertz CT molecular complexity index is 617. The molecule has 0 spiro atoms. The van der Waals surface area contributed by atoms with Crippen molar-refractivity contribution in [2.75, 3.05) is 6.26 Å². The van der Waals surface area contributed by atoms with Gasteiger partial charge in [0.2, 0.25) is 5.88 Å². The van der Waals surface area contributed by atoms with Gasteiger partial charge in [-0.2, -0.15) is 4.98 Å². The van der Waals surface area contributed by atoms with Gasteiger partial charge in [-0.1, -0.05) is 23.9 Å². The van der Waals surface area contributed by atoms with Crippen LogP contribution in [0.4, 0.5) is 0 Å². The van der Waals surface area contributed by atoms with Crippen LogP contribution in [0.15, 0.2) is 35.5 Å². The van der Waals surface area contributed by atoms with Crippen molar-refractivity contribution in [3.63, 3.8) is 0 Å². The lowest BCUT2D eigenvalue weighted by atomic mass is 10.2. The van der Waals surface area contributed by atoms with E-state index in [4.69, 9.17) is 9.84 Å². The number of hydrogen-bond donors (Lipinski definition) is 1. The molecule has 0 amide bonds. The van der Waals surface area contributed by atoms with Crippen molar-refractivity contribution >= 4 is 17.7 Å². The molecule has 0 radical (unpaired) electrons. The van der Waals surface area contributed by atoms with Crippen LogP contribution in [0.5, 0.6) is 11.6 Å². The van der Waals surface area contributed by atoms with Crippen LogP contribution in [0, 0.1) is 6.92 Å². The zero-order chi connectivity index (χ0) is 13.8. The summed E-state index contributed by atoms with van der Waals surface area (Å²) in [5.41, 5.74) is 0.867. The first-order valence-electron chi connectivity index (χ1n) is 5.50. The van der Waals surface area contributed by atoms with Crippen LogP contribution in [0.25, 0.3) is 0 Å². The molecule has 0 aliphatic heterocycles. The van der Waals surface area contributed by atoms with Crippen molar-refractivity contribution in [1.29, 1.82) is 0 Å². The van der Waals surface area contributed by atoms with Crippen LogP contribution < -0.4 is 4.74 Å². The van der Waals surface area contributed by atoms with E-state index in [0.29, 0.717) is 11.0 Å². The number of nitrogens with zero attached hydrogens (tertiary/aromatic N) is 2. The number of aromatic nitrogens is 2. The molecule has 0 aliphatic carbocycles. The molecule has 1 aromatic carbocycles. The standard InChI is InChI=1S/C13H12N2O3S/c1-8-7-11(15-13(14-8)19-2)18-10-6-4-3-5-9(10)12(16)17/h3-7H,1-2H3,(H,16,17). The molecule has 0 atom stereocenters. The topological polar surface area (TPSA) is 72.3 Å². The van der Waals surface area contributed by atoms with Gasteiger partial charge in [-0.05, 0) is 25.3 Å². The van der Waals surface area contributed by atoms with E-state index in [0.717, 1.165) is 5.69 Å². The fourth-order valence-electron chi connectivity index (χ4n) is 1.50. The first-order chi connectivity index (χ1) is 9.10. The molecule has 0 aliphatic rings. The molecule has 1 aromatic heterocycles. The summed E-state index contributed by atoms with van der Waals surface area (Å²) in [5, 5.41) is 9.67. The summed E-state index contributed by atoms with van der Waals surface area (Å²) < 4.78 is 5.55. The van der Waals surface area contributed by atoms with Crippen LogP contribution in [-0.4, -0.2) is 27.3 Å². The number of carboxylic acid groups (broad SMARTS) is 1. The molecule has 0 fully saturated rings. The van der Waals surface area contributed by atoms with E-state index in [1.807, 2.05) is 13.2 Å². The van der Waals surface area contributed by atoms with E-state index in [-0.39, 0.29) is 11.3 Å². The normalized spacial score (nSPS) is 10.2. The highest BCUT2D eigenvalue weighted by molar-refractivity contribution is 7.98. The quantitative estimate of drug-likeness (QED) is 0.683. The summed E-state index contributed by atoms with van der Waals surface area (Å²) >= 11 is 1.40. The fourth-order valence-corrected chi connectivity index (χ4v) is 1.92. The van der Waals surface area contributed by atoms with E-state index in [2.05, 4.69) is 9.97 Å². The second kappa shape index (κ2) is 5.71. The van der Waals surface area contributed by atoms with E-state index in [1.54, 1.807) is 24.3 Å². The maximum absolute atomic E-state index is 11.1. The molecule has 0 bridgehead atoms. The molecule has 0 saturated carbocycles. The lowest BCUT2D eigenvalue weighted by molar-refractivity contribution is 0.0694. The van der Waals surface area contributed by atoms with Gasteiger partial charge < -0.3 is 9.84 Å². The van der Waals surface area contributed by atoms with Crippen LogP contribution in [0.3, 0.4) is 0 Å². The number of aryl methyl sites for hydroxylation is 1. The summed E-state index contributed by atoms with van der Waals surface area (Å²) in [6, 6.07) is 8.11. The second-order valence-corrected chi connectivity index (χ2v) is 4.51. The number of hydrogen-bond acceptors (Lipinski definition) is 5. The van der Waals surface area contributed by atoms with Gasteiger partial charge in [-0.15, -0.1) is 0 Å². The Balaban J connectivity index is 2.36. The Hall–Kier alpha value is -2.08. The Morgan fingerprint density at radius 2 is 2.05 bits per heavy atom. The first kappa shape index (κ1) is 13.4. The molecular formula is C13H12N2O3S. The lowest BCUT2D eigenvalue weighted by Gasteiger charge is -2.08. The number of para-hydroxylation sites is 1. The molecule has 1 N–H and O–H groups in total. The van der Waals surface area contributed by atoms with E-state index in [9.17, 15) is 4.79 Å². The second-order valence-electron chi connectivity index (χ2n) is 3.74. The van der Waals surface area contributed by atoms with Gasteiger partial charge in [-0.3, -0.25) is 0 Å². The summed E-state index contributed by atoms with van der Waals surface area (Å²) in [6.07, 6.45) is 1.86. The summed E-state index contributed by atoms with van der Waals surface area (Å²) in [7, 11) is 0. The molecule has 5 nitrogen and oxygen atoms in total. The Morgan fingerprint density at radius 3 is 2.74 bits per heavy atom. The SMILES string of the molecule is CSc1nc(C)cc(Oc2ccccc2C(=O)O)n1. The highest BCUT2D eigenvalue weighted by Gasteiger charge is 2.12. The Kier molecular flexibility index (Phi) is 4.01. The number of thioether (sulfide) groups is 1. The molecule has 2 aromatic rings. The van der Waals surface area contributed by atoms with Gasteiger partial charge in [0.25, 0.3) is 0 Å². The molecule has 2 rings (SSSR count). The van der Waals surface area contributed by atoms with Gasteiger partial charge >= 0.3 is 5.97 Å². The molecule has 1 heterocycles. The van der Waals surface area contributed by atoms with Crippen LogP contribution >= 0.6 is 11.8 Å². The predicted octanol–water partition coefficient (Wildman–Crippen LogP) is 3.00. The molecule has 6 heteroatoms. The number of carbonyl (C=O) groups is 1. The smallest absolute Gasteiger partial charge is 0.339 e. The third-order valence-electron chi connectivity index (χ3n) is 2.32. The fraction of sp³-hybridized carbons (Fsp3) is 0.154. The van der Waals surface area contributed by atoms with Gasteiger partial charge in [0.15, 0.2) is 5.16 Å². The predicted molar refractivity (Wildman–Crippen MR) is 72.0 cm³/mol. The van der Waals surface area contributed by atoms with Crippen molar-refractivity contribution in [2.24, 2.45) is 0 Å². The Morgan fingerprint density at radius 1 is 1.32 bits per heavy atom. The molecule has 0 saturated heterocycles. The third-order valence-corrected chi connectivity index (χ3v) is 2.87. The molecule has 98 valence electrons. The minimum atomic E-state index is -1.04. The van der Waals surface area contributed by atoms with Crippen molar-refractivity contribution in [3.05, 3.63) is 41.6 Å². The molecule has 0 unspecified atom stereocenters. The number of aromatic carboxylic acids is 1. The zero-order valence-electron chi connectivity index (χ0n) is 10.5. The highest BCUT2D eigenvalue weighted by Crippen LogP contribution is 2.25. The first-order valence-corrected chi connectivity index (χ1v) is 6.72. The summed E-state index contributed by atoms with van der Waals surface area (Å²) in [5.74, 6) is -0.433. The zero-order valence-corrected chi connectivity index (χ0v) is 11.3. The molecule has 19 heavy (non-hydrogen) atoms. The van der Waals surface area contributed by atoms with Crippen molar-refractivity contribution in [3.8, 4) is 11.6 Å². The van der Waals surface area contributed by atoms with Gasteiger partial charge in [0, 0.05) is 11.8 Å². The van der Waals surface area contributed by atoms with Crippen LogP contribution in [0.2, 0.25) is 0 Å². The van der Waals surface area contributed by atoms with Crippen molar-refractivity contribution < 1.29 is 14.6 Å². The van der Waals surface area contributed by atoms with E-state index in [1.165, 1.54) is 17.8 Å². The van der Waals surface area contributed by atoms with E-state index < -0.39 is 5.97 Å². The van der Waals surface area contributed by atoms with Gasteiger partial charge in [0.1, 0.15) is 11.3 Å². The Labute approximate surface area is 114 Å². The average Bonchev–Trinajstić information content (AvgIpc) is 2.38. The van der Waals surface area contributed by atoms with Crippen molar-refractivity contribution in [1.82, 2.24) is 9.97 Å². The van der Waals surface area contributed by atoms with Crippen LogP contribution in [-0.2, 0) is 0 Å². The highest BCUT2D eigenvalue weighted by atomic mass is 32.2. The monoisotopic (exact) mass is 276 g/mol. The third kappa shape index (κ3) is 3.23. The maximum atomic E-state index is 11.1. The van der Waals surface area contributed by atoms with Gasteiger partial charge in [0.05, 0.1) is 0 Å².